The number of rotatable bonds is 6. The Balaban J connectivity index is 1.95. The molecule has 0 amide bonds. The van der Waals surface area contributed by atoms with Gasteiger partial charge >= 0.3 is 0 Å². The molecule has 0 spiro atoms. The number of aryl methyl sites for hydroxylation is 1. The van der Waals surface area contributed by atoms with Crippen LogP contribution in [0.4, 0.5) is 11.6 Å². The lowest BCUT2D eigenvalue weighted by Gasteiger charge is -2.08. The largest absolute Gasteiger partial charge is 0.370 e. The molecule has 0 atom stereocenters. The first-order chi connectivity index (χ1) is 8.79. The van der Waals surface area contributed by atoms with Crippen LogP contribution in [-0.4, -0.2) is 16.5 Å². The Bertz CT molecular complexity index is 495. The summed E-state index contributed by atoms with van der Waals surface area (Å²) in [4.78, 5) is 9.99. The van der Waals surface area contributed by atoms with Crippen molar-refractivity contribution in [2.24, 2.45) is 0 Å². The average Bonchev–Trinajstić information content (AvgIpc) is 2.80. The molecule has 0 aliphatic heterocycles. The van der Waals surface area contributed by atoms with Crippen molar-refractivity contribution in [1.82, 2.24) is 9.97 Å². The predicted octanol–water partition coefficient (Wildman–Crippen LogP) is 3.28. The van der Waals surface area contributed by atoms with Crippen molar-refractivity contribution in [3.05, 3.63) is 34.3 Å². The normalized spacial score (nSPS) is 10.3. The maximum atomic E-state index is 4.50. The van der Waals surface area contributed by atoms with Gasteiger partial charge < -0.3 is 10.6 Å². The standard InChI is InChI=1S/C13H18N4S/c1-3-7-14-12-5-4-6-13(17-12)15-8-11-10(2)16-9-18-11/h4-6,9H,3,7-8H2,1-2H3,(H2,14,15,17). The van der Waals surface area contributed by atoms with Gasteiger partial charge in [0.25, 0.3) is 0 Å². The second-order valence-electron chi connectivity index (χ2n) is 4.05. The van der Waals surface area contributed by atoms with Gasteiger partial charge in [-0.25, -0.2) is 9.97 Å². The lowest BCUT2D eigenvalue weighted by atomic mass is 10.3. The molecule has 0 aromatic carbocycles. The van der Waals surface area contributed by atoms with Crippen molar-refractivity contribution in [1.29, 1.82) is 0 Å². The second kappa shape index (κ2) is 6.35. The Morgan fingerprint density at radius 1 is 1.22 bits per heavy atom. The Morgan fingerprint density at radius 2 is 2.00 bits per heavy atom. The van der Waals surface area contributed by atoms with Crippen LogP contribution in [0.3, 0.4) is 0 Å². The number of anilines is 2. The average molecular weight is 262 g/mol. The van der Waals surface area contributed by atoms with Crippen molar-refractivity contribution in [2.75, 3.05) is 17.2 Å². The number of nitrogens with one attached hydrogen (secondary N) is 2. The number of thiazole rings is 1. The van der Waals surface area contributed by atoms with E-state index >= 15 is 0 Å². The highest BCUT2D eigenvalue weighted by Crippen LogP contribution is 2.15. The third kappa shape index (κ3) is 3.43. The number of pyridine rings is 1. The van der Waals surface area contributed by atoms with Crippen LogP contribution in [0.15, 0.2) is 23.7 Å². The van der Waals surface area contributed by atoms with Crippen molar-refractivity contribution in [3.63, 3.8) is 0 Å². The van der Waals surface area contributed by atoms with Gasteiger partial charge in [0.1, 0.15) is 11.6 Å². The Morgan fingerprint density at radius 3 is 2.67 bits per heavy atom. The van der Waals surface area contributed by atoms with Crippen LogP contribution in [0, 0.1) is 6.92 Å². The minimum Gasteiger partial charge on any atom is -0.370 e. The second-order valence-corrected chi connectivity index (χ2v) is 4.99. The molecule has 0 fully saturated rings. The van der Waals surface area contributed by atoms with Crippen molar-refractivity contribution in [3.8, 4) is 0 Å². The molecular weight excluding hydrogens is 244 g/mol. The molecule has 0 saturated heterocycles. The SMILES string of the molecule is CCCNc1cccc(NCc2scnc2C)n1. The zero-order valence-electron chi connectivity index (χ0n) is 10.7. The summed E-state index contributed by atoms with van der Waals surface area (Å²) in [6, 6.07) is 5.97. The third-order valence-electron chi connectivity index (χ3n) is 2.58. The van der Waals surface area contributed by atoms with E-state index in [1.165, 1.54) is 4.88 Å². The first-order valence-corrected chi connectivity index (χ1v) is 7.01. The van der Waals surface area contributed by atoms with E-state index in [-0.39, 0.29) is 0 Å². The van der Waals surface area contributed by atoms with Crippen LogP contribution in [0.25, 0.3) is 0 Å². The molecule has 2 N–H and O–H groups in total. The van der Waals surface area contributed by atoms with Gasteiger partial charge in [0, 0.05) is 11.4 Å². The molecule has 0 aliphatic rings. The van der Waals surface area contributed by atoms with Crippen LogP contribution in [-0.2, 0) is 6.54 Å². The van der Waals surface area contributed by atoms with Gasteiger partial charge in [0.05, 0.1) is 17.7 Å². The number of hydrogen-bond donors (Lipinski definition) is 2. The van der Waals surface area contributed by atoms with Gasteiger partial charge in [0.15, 0.2) is 0 Å². The molecule has 2 rings (SSSR count). The Kier molecular flexibility index (Phi) is 4.52. The summed E-state index contributed by atoms with van der Waals surface area (Å²) in [5.74, 6) is 1.81. The fourth-order valence-electron chi connectivity index (χ4n) is 1.55. The lowest BCUT2D eigenvalue weighted by molar-refractivity contribution is 0.968. The van der Waals surface area contributed by atoms with Gasteiger partial charge in [-0.2, -0.15) is 0 Å². The molecular formula is C13H18N4S. The molecule has 18 heavy (non-hydrogen) atoms. The predicted molar refractivity (Wildman–Crippen MR) is 77.2 cm³/mol. The molecule has 4 nitrogen and oxygen atoms in total. The summed E-state index contributed by atoms with van der Waals surface area (Å²) in [6.07, 6.45) is 1.10. The molecule has 2 aromatic heterocycles. The summed E-state index contributed by atoms with van der Waals surface area (Å²) in [6.45, 7) is 5.90. The quantitative estimate of drug-likeness (QED) is 0.839. The van der Waals surface area contributed by atoms with E-state index < -0.39 is 0 Å². The minimum atomic E-state index is 0.779. The van der Waals surface area contributed by atoms with E-state index in [0.717, 1.165) is 36.8 Å². The highest BCUT2D eigenvalue weighted by Gasteiger charge is 2.02. The maximum Gasteiger partial charge on any atom is 0.128 e. The number of aromatic nitrogens is 2. The first kappa shape index (κ1) is 12.8. The molecule has 2 heterocycles. The van der Waals surface area contributed by atoms with Crippen LogP contribution in [0.1, 0.15) is 23.9 Å². The summed E-state index contributed by atoms with van der Waals surface area (Å²) < 4.78 is 0. The molecule has 0 bridgehead atoms. The highest BCUT2D eigenvalue weighted by atomic mass is 32.1. The summed E-state index contributed by atoms with van der Waals surface area (Å²) in [5, 5.41) is 6.60. The topological polar surface area (TPSA) is 49.8 Å². The zero-order chi connectivity index (χ0) is 12.8. The minimum absolute atomic E-state index is 0.779. The maximum absolute atomic E-state index is 4.50. The van der Waals surface area contributed by atoms with Gasteiger partial charge in [-0.05, 0) is 25.5 Å². The van der Waals surface area contributed by atoms with Crippen molar-refractivity contribution < 1.29 is 0 Å². The number of hydrogen-bond acceptors (Lipinski definition) is 5. The monoisotopic (exact) mass is 262 g/mol. The van der Waals surface area contributed by atoms with Crippen LogP contribution >= 0.6 is 11.3 Å². The lowest BCUT2D eigenvalue weighted by Crippen LogP contribution is -2.05. The van der Waals surface area contributed by atoms with E-state index in [9.17, 15) is 0 Å². The molecule has 2 aromatic rings. The van der Waals surface area contributed by atoms with E-state index in [4.69, 9.17) is 0 Å². The fourth-order valence-corrected chi connectivity index (χ4v) is 2.27. The van der Waals surface area contributed by atoms with Crippen LogP contribution < -0.4 is 10.6 Å². The summed E-state index contributed by atoms with van der Waals surface area (Å²) in [7, 11) is 0. The Hall–Kier alpha value is -1.62. The highest BCUT2D eigenvalue weighted by molar-refractivity contribution is 7.09. The van der Waals surface area contributed by atoms with Crippen molar-refractivity contribution >= 4 is 23.0 Å². The molecule has 5 heteroatoms. The molecule has 0 saturated carbocycles. The van der Waals surface area contributed by atoms with Crippen LogP contribution in [0.5, 0.6) is 0 Å². The molecule has 0 aliphatic carbocycles. The molecule has 96 valence electrons. The summed E-state index contributed by atoms with van der Waals surface area (Å²) >= 11 is 1.67. The van der Waals surface area contributed by atoms with E-state index in [1.807, 2.05) is 30.6 Å². The fraction of sp³-hybridized carbons (Fsp3) is 0.385. The summed E-state index contributed by atoms with van der Waals surface area (Å²) in [5.41, 5.74) is 2.96. The molecule has 0 unspecified atom stereocenters. The van der Waals surface area contributed by atoms with E-state index in [0.29, 0.717) is 0 Å². The first-order valence-electron chi connectivity index (χ1n) is 6.13. The molecule has 0 radical (unpaired) electrons. The van der Waals surface area contributed by atoms with Crippen molar-refractivity contribution in [2.45, 2.75) is 26.8 Å². The van der Waals surface area contributed by atoms with E-state index in [2.05, 4.69) is 27.5 Å². The van der Waals surface area contributed by atoms with Crippen LogP contribution in [0.2, 0.25) is 0 Å². The van der Waals surface area contributed by atoms with Gasteiger partial charge in [-0.1, -0.05) is 13.0 Å². The Labute approximate surface area is 111 Å². The smallest absolute Gasteiger partial charge is 0.128 e. The van der Waals surface area contributed by atoms with Gasteiger partial charge in [-0.3, -0.25) is 0 Å². The zero-order valence-corrected chi connectivity index (χ0v) is 11.5. The number of nitrogens with zero attached hydrogens (tertiary/aromatic N) is 2. The van der Waals surface area contributed by atoms with Gasteiger partial charge in [-0.15, -0.1) is 11.3 Å². The third-order valence-corrected chi connectivity index (χ3v) is 3.52. The van der Waals surface area contributed by atoms with E-state index in [1.54, 1.807) is 11.3 Å². The van der Waals surface area contributed by atoms with Gasteiger partial charge in [0.2, 0.25) is 0 Å².